The van der Waals surface area contributed by atoms with Gasteiger partial charge in [-0.15, -0.1) is 0 Å². The maximum Gasteiger partial charge on any atom is 0.269 e. The van der Waals surface area contributed by atoms with Crippen molar-refractivity contribution in [1.29, 1.82) is 0 Å². The Labute approximate surface area is 132 Å². The zero-order valence-electron chi connectivity index (χ0n) is 11.8. The van der Waals surface area contributed by atoms with Gasteiger partial charge in [0, 0.05) is 17.7 Å². The van der Waals surface area contributed by atoms with E-state index in [4.69, 9.17) is 17.0 Å². The average Bonchev–Trinajstić information content (AvgIpc) is 2.54. The molecule has 2 aromatic carbocycles. The molecule has 22 heavy (non-hydrogen) atoms. The van der Waals surface area contributed by atoms with Gasteiger partial charge in [0.05, 0.1) is 10.8 Å². The Kier molecular flexibility index (Phi) is 4.95. The van der Waals surface area contributed by atoms with Crippen molar-refractivity contribution in [3.8, 4) is 5.75 Å². The fraction of sp³-hybridized carbons (Fsp3) is 0.125. The lowest BCUT2D eigenvalue weighted by Crippen LogP contribution is -2.24. The van der Waals surface area contributed by atoms with Crippen LogP contribution in [0, 0.1) is 16.0 Å². The standard InChI is InChI=1S/C16H13NO4S/c1-11(15(18)12-5-3-2-4-6-12)16(22)21-14-9-7-13(8-10-14)17(19)20/h2-11H,1H3/t11-/m1/s1. The zero-order valence-corrected chi connectivity index (χ0v) is 12.6. The van der Waals surface area contributed by atoms with Crippen molar-refractivity contribution in [1.82, 2.24) is 0 Å². The number of hydrogen-bond donors (Lipinski definition) is 0. The Bertz CT molecular complexity index is 698. The van der Waals surface area contributed by atoms with Crippen molar-refractivity contribution < 1.29 is 14.5 Å². The van der Waals surface area contributed by atoms with Crippen LogP contribution in [0.25, 0.3) is 0 Å². The van der Waals surface area contributed by atoms with E-state index in [0.29, 0.717) is 11.3 Å². The summed E-state index contributed by atoms with van der Waals surface area (Å²) in [6.07, 6.45) is 0. The van der Waals surface area contributed by atoms with Gasteiger partial charge in [-0.3, -0.25) is 14.9 Å². The summed E-state index contributed by atoms with van der Waals surface area (Å²) < 4.78 is 5.44. The van der Waals surface area contributed by atoms with Crippen molar-refractivity contribution in [3.05, 3.63) is 70.3 Å². The molecule has 0 unspecified atom stereocenters. The van der Waals surface area contributed by atoms with Crippen LogP contribution in [0.2, 0.25) is 0 Å². The molecule has 0 N–H and O–H groups in total. The molecule has 5 nitrogen and oxygen atoms in total. The predicted octanol–water partition coefficient (Wildman–Crippen LogP) is 3.82. The van der Waals surface area contributed by atoms with Crippen LogP contribution in [0.15, 0.2) is 54.6 Å². The molecule has 0 spiro atoms. The van der Waals surface area contributed by atoms with E-state index in [2.05, 4.69) is 0 Å². The molecule has 0 heterocycles. The first-order chi connectivity index (χ1) is 10.5. The van der Waals surface area contributed by atoms with E-state index in [1.165, 1.54) is 24.3 Å². The molecule has 2 aromatic rings. The van der Waals surface area contributed by atoms with Crippen molar-refractivity contribution in [2.75, 3.05) is 0 Å². The number of non-ortho nitro benzene ring substituents is 1. The molecule has 0 aliphatic rings. The lowest BCUT2D eigenvalue weighted by atomic mass is 10.0. The zero-order chi connectivity index (χ0) is 16.1. The molecule has 1 atom stereocenters. The Morgan fingerprint density at radius 2 is 1.73 bits per heavy atom. The number of hydrogen-bond acceptors (Lipinski definition) is 5. The smallest absolute Gasteiger partial charge is 0.269 e. The van der Waals surface area contributed by atoms with Gasteiger partial charge in [0.2, 0.25) is 0 Å². The minimum absolute atomic E-state index is 0.0355. The van der Waals surface area contributed by atoms with Gasteiger partial charge in [0.1, 0.15) is 5.75 Å². The Balaban J connectivity index is 2.05. The summed E-state index contributed by atoms with van der Waals surface area (Å²) in [7, 11) is 0. The highest BCUT2D eigenvalue weighted by molar-refractivity contribution is 7.80. The lowest BCUT2D eigenvalue weighted by Gasteiger charge is -2.13. The summed E-state index contributed by atoms with van der Waals surface area (Å²) in [6.45, 7) is 1.67. The molecule has 0 aliphatic carbocycles. The first-order valence-electron chi connectivity index (χ1n) is 6.54. The number of carbonyl (C=O) groups excluding carboxylic acids is 1. The number of thiocarbonyl (C=S) groups is 1. The Morgan fingerprint density at radius 3 is 2.27 bits per heavy atom. The fourth-order valence-electron chi connectivity index (χ4n) is 1.80. The van der Waals surface area contributed by atoms with E-state index in [9.17, 15) is 14.9 Å². The van der Waals surface area contributed by atoms with Crippen LogP contribution in [0.3, 0.4) is 0 Å². The normalized spacial score (nSPS) is 11.5. The van der Waals surface area contributed by atoms with Gasteiger partial charge in [0.15, 0.2) is 10.8 Å². The number of ether oxygens (including phenoxy) is 1. The monoisotopic (exact) mass is 315 g/mol. The molecule has 0 saturated heterocycles. The van der Waals surface area contributed by atoms with Crippen LogP contribution < -0.4 is 4.74 Å². The van der Waals surface area contributed by atoms with Gasteiger partial charge < -0.3 is 4.74 Å². The minimum atomic E-state index is -0.590. The SMILES string of the molecule is C[C@H](C(=O)c1ccccc1)C(=S)Oc1ccc([N+](=O)[O-])cc1. The van der Waals surface area contributed by atoms with E-state index in [0.717, 1.165) is 0 Å². The summed E-state index contributed by atoms with van der Waals surface area (Å²) in [6, 6.07) is 14.4. The molecule has 0 amide bonds. The summed E-state index contributed by atoms with van der Waals surface area (Å²) >= 11 is 5.14. The molecular formula is C16H13NO4S. The second-order valence-corrected chi connectivity index (χ2v) is 5.03. The second-order valence-electron chi connectivity index (χ2n) is 4.62. The summed E-state index contributed by atoms with van der Waals surface area (Å²) in [4.78, 5) is 22.3. The molecule has 6 heteroatoms. The molecule has 112 valence electrons. The number of nitrogens with zero attached hydrogens (tertiary/aromatic N) is 1. The lowest BCUT2D eigenvalue weighted by molar-refractivity contribution is -0.384. The van der Waals surface area contributed by atoms with E-state index < -0.39 is 10.8 Å². The van der Waals surface area contributed by atoms with Gasteiger partial charge in [-0.25, -0.2) is 0 Å². The third-order valence-corrected chi connectivity index (χ3v) is 3.51. The van der Waals surface area contributed by atoms with Crippen molar-refractivity contribution in [3.63, 3.8) is 0 Å². The first kappa shape index (κ1) is 15.8. The van der Waals surface area contributed by atoms with E-state index in [1.807, 2.05) is 6.07 Å². The molecule has 2 rings (SSSR count). The predicted molar refractivity (Wildman–Crippen MR) is 86.3 cm³/mol. The Hall–Kier alpha value is -2.60. The summed E-state index contributed by atoms with van der Waals surface area (Å²) in [5.41, 5.74) is 0.524. The number of benzene rings is 2. The molecule has 0 saturated carbocycles. The van der Waals surface area contributed by atoms with Crippen molar-refractivity contribution >= 4 is 28.7 Å². The largest absolute Gasteiger partial charge is 0.450 e. The molecule has 0 radical (unpaired) electrons. The highest BCUT2D eigenvalue weighted by Crippen LogP contribution is 2.20. The van der Waals surface area contributed by atoms with E-state index in [-0.39, 0.29) is 16.5 Å². The number of Topliss-reactive ketones (excluding diaryl/α,β-unsaturated/α-hetero) is 1. The summed E-state index contributed by atoms with van der Waals surface area (Å²) in [5, 5.41) is 10.7. The van der Waals surface area contributed by atoms with Crippen LogP contribution in [0.1, 0.15) is 17.3 Å². The molecule has 0 fully saturated rings. The van der Waals surface area contributed by atoms with Crippen molar-refractivity contribution in [2.24, 2.45) is 5.92 Å². The van der Waals surface area contributed by atoms with Crippen LogP contribution >= 0.6 is 12.2 Å². The highest BCUT2D eigenvalue weighted by atomic mass is 32.1. The number of nitro benzene ring substituents is 1. The molecule has 0 aliphatic heterocycles. The van der Waals surface area contributed by atoms with Crippen LogP contribution in [0.4, 0.5) is 5.69 Å². The number of ketones is 1. The summed E-state index contributed by atoms with van der Waals surface area (Å²) in [5.74, 6) is -0.358. The maximum absolute atomic E-state index is 12.3. The third kappa shape index (κ3) is 3.73. The molecular weight excluding hydrogens is 302 g/mol. The van der Waals surface area contributed by atoms with Crippen LogP contribution in [-0.2, 0) is 0 Å². The van der Waals surface area contributed by atoms with E-state index >= 15 is 0 Å². The Morgan fingerprint density at radius 1 is 1.14 bits per heavy atom. The second kappa shape index (κ2) is 6.91. The first-order valence-corrected chi connectivity index (χ1v) is 6.95. The molecule has 0 bridgehead atoms. The minimum Gasteiger partial charge on any atom is -0.450 e. The fourth-order valence-corrected chi connectivity index (χ4v) is 2.00. The number of rotatable bonds is 5. The van der Waals surface area contributed by atoms with Crippen molar-refractivity contribution in [2.45, 2.75) is 6.92 Å². The van der Waals surface area contributed by atoms with Crippen LogP contribution in [0.5, 0.6) is 5.75 Å². The third-order valence-electron chi connectivity index (χ3n) is 3.07. The van der Waals surface area contributed by atoms with Crippen LogP contribution in [-0.4, -0.2) is 15.8 Å². The van der Waals surface area contributed by atoms with Gasteiger partial charge in [-0.05, 0) is 31.3 Å². The number of nitro groups is 1. The quantitative estimate of drug-likeness (QED) is 0.363. The highest BCUT2D eigenvalue weighted by Gasteiger charge is 2.21. The molecule has 0 aromatic heterocycles. The van der Waals surface area contributed by atoms with Gasteiger partial charge >= 0.3 is 0 Å². The average molecular weight is 315 g/mol. The number of carbonyl (C=O) groups is 1. The van der Waals surface area contributed by atoms with E-state index in [1.54, 1.807) is 31.2 Å². The maximum atomic E-state index is 12.3. The van der Waals surface area contributed by atoms with Gasteiger partial charge in [-0.1, -0.05) is 30.3 Å². The van der Waals surface area contributed by atoms with Gasteiger partial charge in [-0.2, -0.15) is 0 Å². The topological polar surface area (TPSA) is 69.4 Å². The van der Waals surface area contributed by atoms with Gasteiger partial charge in [0.25, 0.3) is 5.69 Å².